The third kappa shape index (κ3) is 5.96. The first-order chi connectivity index (χ1) is 15.0. The highest BCUT2D eigenvalue weighted by atomic mass is 32.2. The van der Waals surface area contributed by atoms with Gasteiger partial charge in [0.2, 0.25) is 0 Å². The normalized spacial score (nSPS) is 11.0. The second-order valence-electron chi connectivity index (χ2n) is 7.71. The minimum absolute atomic E-state index is 0.118. The lowest BCUT2D eigenvalue weighted by Gasteiger charge is -2.12. The number of hydrogen-bond acceptors (Lipinski definition) is 4. The summed E-state index contributed by atoms with van der Waals surface area (Å²) in [7, 11) is -1.80. The molecule has 3 aromatic carbocycles. The van der Waals surface area contributed by atoms with Crippen molar-refractivity contribution in [2.24, 2.45) is 0 Å². The lowest BCUT2D eigenvalue weighted by atomic mass is 9.89. The van der Waals surface area contributed by atoms with Crippen molar-refractivity contribution in [1.29, 1.82) is 0 Å². The third-order valence-corrected chi connectivity index (χ3v) is 6.49. The SMILES string of the molecule is Bc1cc(C(=O)NC(=S)Nc2ccc(S(=O)(=O)Nc3cc(C)cc(C)c3)cc2)ccc1C. The first-order valence-electron chi connectivity index (χ1n) is 9.94. The fraction of sp³-hybridized carbons (Fsp3) is 0.130. The lowest BCUT2D eigenvalue weighted by molar-refractivity contribution is 0.0978. The number of thiocarbonyl (C=S) groups is 1. The van der Waals surface area contributed by atoms with Crippen molar-refractivity contribution in [3.8, 4) is 0 Å². The highest BCUT2D eigenvalue weighted by molar-refractivity contribution is 7.92. The molecule has 0 aliphatic rings. The topological polar surface area (TPSA) is 87.3 Å². The molecule has 0 unspecified atom stereocenters. The molecule has 0 heterocycles. The Hall–Kier alpha value is -3.17. The summed E-state index contributed by atoms with van der Waals surface area (Å²) in [5, 5.41) is 5.65. The molecule has 0 aliphatic carbocycles. The summed E-state index contributed by atoms with van der Waals surface area (Å²) in [5.41, 5.74) is 5.64. The van der Waals surface area contributed by atoms with Gasteiger partial charge in [-0.15, -0.1) is 0 Å². The minimum Gasteiger partial charge on any atom is -0.332 e. The van der Waals surface area contributed by atoms with E-state index in [0.717, 1.165) is 22.2 Å². The second-order valence-corrected chi connectivity index (χ2v) is 9.80. The molecule has 0 spiro atoms. The van der Waals surface area contributed by atoms with E-state index < -0.39 is 10.0 Å². The van der Waals surface area contributed by atoms with E-state index in [-0.39, 0.29) is 15.9 Å². The molecule has 0 aromatic heterocycles. The number of sulfonamides is 1. The first-order valence-corrected chi connectivity index (χ1v) is 11.8. The van der Waals surface area contributed by atoms with Crippen molar-refractivity contribution in [2.45, 2.75) is 25.7 Å². The number of aryl methyl sites for hydroxylation is 3. The van der Waals surface area contributed by atoms with E-state index >= 15 is 0 Å². The largest absolute Gasteiger partial charge is 0.332 e. The zero-order valence-corrected chi connectivity index (χ0v) is 19.9. The Morgan fingerprint density at radius 1 is 0.875 bits per heavy atom. The molecular weight excluding hydrogens is 441 g/mol. The average molecular weight is 465 g/mol. The van der Waals surface area contributed by atoms with Crippen LogP contribution in [0, 0.1) is 20.8 Å². The molecule has 0 atom stereocenters. The van der Waals surface area contributed by atoms with Gasteiger partial charge in [-0.3, -0.25) is 14.8 Å². The summed E-state index contributed by atoms with van der Waals surface area (Å²) in [6.45, 7) is 5.80. The summed E-state index contributed by atoms with van der Waals surface area (Å²) in [4.78, 5) is 12.5. The van der Waals surface area contributed by atoms with Gasteiger partial charge < -0.3 is 5.32 Å². The van der Waals surface area contributed by atoms with Crippen LogP contribution in [0.1, 0.15) is 27.0 Å². The van der Waals surface area contributed by atoms with Crippen LogP contribution in [0.2, 0.25) is 0 Å². The number of carbonyl (C=O) groups is 1. The fourth-order valence-corrected chi connectivity index (χ4v) is 4.44. The summed E-state index contributed by atoms with van der Waals surface area (Å²) >= 11 is 5.21. The average Bonchev–Trinajstić information content (AvgIpc) is 2.69. The molecule has 9 heteroatoms. The van der Waals surface area contributed by atoms with Gasteiger partial charge in [-0.25, -0.2) is 8.42 Å². The van der Waals surface area contributed by atoms with E-state index in [1.54, 1.807) is 36.4 Å². The number of carbonyl (C=O) groups excluding carboxylic acids is 1. The van der Waals surface area contributed by atoms with E-state index in [1.807, 2.05) is 40.8 Å². The van der Waals surface area contributed by atoms with Crippen molar-refractivity contribution in [1.82, 2.24) is 5.32 Å². The van der Waals surface area contributed by atoms with E-state index in [0.29, 0.717) is 16.9 Å². The molecule has 3 N–H and O–H groups in total. The van der Waals surface area contributed by atoms with Crippen LogP contribution in [0.15, 0.2) is 65.6 Å². The Morgan fingerprint density at radius 3 is 2.09 bits per heavy atom. The van der Waals surface area contributed by atoms with Gasteiger partial charge in [-0.1, -0.05) is 29.2 Å². The van der Waals surface area contributed by atoms with Gasteiger partial charge >= 0.3 is 0 Å². The van der Waals surface area contributed by atoms with E-state index in [4.69, 9.17) is 12.2 Å². The van der Waals surface area contributed by atoms with Gasteiger partial charge in [-0.05, 0) is 86.6 Å². The number of nitrogens with one attached hydrogen (secondary N) is 3. The third-order valence-electron chi connectivity index (χ3n) is 4.89. The van der Waals surface area contributed by atoms with Crippen LogP contribution >= 0.6 is 12.2 Å². The number of amides is 1. The highest BCUT2D eigenvalue weighted by Gasteiger charge is 2.15. The molecule has 1 amide bonds. The van der Waals surface area contributed by atoms with Crippen molar-refractivity contribution in [2.75, 3.05) is 10.0 Å². The smallest absolute Gasteiger partial charge is 0.261 e. The first kappa shape index (κ1) is 23.5. The predicted molar refractivity (Wildman–Crippen MR) is 136 cm³/mol. The molecular formula is C23H24BN3O3S2. The second kappa shape index (κ2) is 9.54. The molecule has 6 nitrogen and oxygen atoms in total. The Morgan fingerprint density at radius 2 is 1.50 bits per heavy atom. The van der Waals surface area contributed by atoms with Crippen LogP contribution in [0.25, 0.3) is 0 Å². The maximum Gasteiger partial charge on any atom is 0.261 e. The predicted octanol–water partition coefficient (Wildman–Crippen LogP) is 2.80. The van der Waals surface area contributed by atoms with Crippen molar-refractivity contribution >= 4 is 57.9 Å². The van der Waals surface area contributed by atoms with Crippen LogP contribution in [0.4, 0.5) is 11.4 Å². The molecule has 0 aliphatic heterocycles. The van der Waals surface area contributed by atoms with Gasteiger partial charge in [0.15, 0.2) is 5.11 Å². The molecule has 0 fully saturated rings. The Kier molecular flexibility index (Phi) is 7.01. The molecule has 32 heavy (non-hydrogen) atoms. The van der Waals surface area contributed by atoms with Crippen LogP contribution in [-0.2, 0) is 10.0 Å². The highest BCUT2D eigenvalue weighted by Crippen LogP contribution is 2.20. The lowest BCUT2D eigenvalue weighted by Crippen LogP contribution is -2.34. The quantitative estimate of drug-likeness (QED) is 0.399. The Bertz CT molecular complexity index is 1270. The maximum absolute atomic E-state index is 12.7. The summed E-state index contributed by atoms with van der Waals surface area (Å²) in [5.74, 6) is -0.317. The van der Waals surface area contributed by atoms with Gasteiger partial charge in [0, 0.05) is 16.9 Å². The van der Waals surface area contributed by atoms with Crippen LogP contribution < -0.4 is 20.8 Å². The maximum atomic E-state index is 12.7. The Labute approximate surface area is 194 Å². The zero-order valence-electron chi connectivity index (χ0n) is 18.3. The van der Waals surface area contributed by atoms with Crippen molar-refractivity contribution in [3.05, 3.63) is 82.9 Å². The molecule has 0 saturated heterocycles. The number of hydrogen-bond donors (Lipinski definition) is 3. The molecule has 0 radical (unpaired) electrons. The summed E-state index contributed by atoms with van der Waals surface area (Å²) in [6.07, 6.45) is 0. The monoisotopic (exact) mass is 465 g/mol. The van der Waals surface area contributed by atoms with Crippen molar-refractivity contribution in [3.63, 3.8) is 0 Å². The standard InChI is InChI=1S/C23H24BN3O3S2/c1-14-10-15(2)12-19(11-14)27-32(29,30)20-8-6-18(7-9-20)25-23(31)26-22(28)17-5-4-16(3)21(24)13-17/h4-13,27H,24H2,1-3H3,(H2,25,26,28,31). The van der Waals surface area contributed by atoms with Gasteiger partial charge in [0.25, 0.3) is 15.9 Å². The molecule has 0 bridgehead atoms. The fourth-order valence-electron chi connectivity index (χ4n) is 3.19. The van der Waals surface area contributed by atoms with Gasteiger partial charge in [0.1, 0.15) is 7.85 Å². The molecule has 164 valence electrons. The van der Waals surface area contributed by atoms with E-state index in [1.165, 1.54) is 12.1 Å². The number of benzene rings is 3. The van der Waals surface area contributed by atoms with Crippen LogP contribution in [0.5, 0.6) is 0 Å². The summed E-state index contributed by atoms with van der Waals surface area (Å²) in [6, 6.07) is 17.1. The van der Waals surface area contributed by atoms with E-state index in [2.05, 4.69) is 15.4 Å². The van der Waals surface area contributed by atoms with Gasteiger partial charge in [0.05, 0.1) is 4.90 Å². The Balaban J connectivity index is 1.65. The molecule has 3 rings (SSSR count). The number of rotatable bonds is 5. The van der Waals surface area contributed by atoms with Gasteiger partial charge in [-0.2, -0.15) is 0 Å². The van der Waals surface area contributed by atoms with Crippen molar-refractivity contribution < 1.29 is 13.2 Å². The zero-order chi connectivity index (χ0) is 23.5. The summed E-state index contributed by atoms with van der Waals surface area (Å²) < 4.78 is 28.0. The van der Waals surface area contributed by atoms with E-state index in [9.17, 15) is 13.2 Å². The minimum atomic E-state index is -3.74. The molecule has 0 saturated carbocycles. The van der Waals surface area contributed by atoms with Crippen LogP contribution in [-0.4, -0.2) is 27.3 Å². The van der Waals surface area contributed by atoms with Crippen LogP contribution in [0.3, 0.4) is 0 Å². The molecule has 3 aromatic rings. The number of anilines is 2.